The first-order valence-corrected chi connectivity index (χ1v) is 12.7. The Labute approximate surface area is 220 Å². The maximum Gasteiger partial charge on any atom is 0.253 e. The monoisotopic (exact) mass is 506 g/mol. The van der Waals surface area contributed by atoms with E-state index < -0.39 is 0 Å². The van der Waals surface area contributed by atoms with E-state index in [0.717, 1.165) is 29.9 Å². The zero-order valence-electron chi connectivity index (χ0n) is 21.0. The van der Waals surface area contributed by atoms with E-state index in [1.54, 1.807) is 59.1 Å². The number of amides is 1. The fraction of sp³-hybridized carbons (Fsp3) is 0.200. The molecule has 0 spiro atoms. The maximum atomic E-state index is 14.6. The van der Waals surface area contributed by atoms with Crippen molar-refractivity contribution in [1.29, 1.82) is 0 Å². The summed E-state index contributed by atoms with van der Waals surface area (Å²) in [5, 5.41) is 8.17. The molecule has 0 saturated heterocycles. The molecule has 1 N–H and O–H groups in total. The van der Waals surface area contributed by atoms with Crippen LogP contribution in [0.4, 0.5) is 15.9 Å². The summed E-state index contributed by atoms with van der Waals surface area (Å²) in [6.07, 6.45) is 4.70. The van der Waals surface area contributed by atoms with E-state index >= 15 is 0 Å². The van der Waals surface area contributed by atoms with Crippen LogP contribution < -0.4 is 5.32 Å². The number of fused-ring (bicyclic) bond motifs is 1. The number of aromatic nitrogens is 4. The van der Waals surface area contributed by atoms with Gasteiger partial charge in [-0.2, -0.15) is 9.61 Å². The van der Waals surface area contributed by atoms with Crippen LogP contribution in [-0.2, 0) is 6.42 Å². The molecule has 38 heavy (non-hydrogen) atoms. The molecule has 0 radical (unpaired) electrons. The molecule has 6 rings (SSSR count). The number of carbonyl (C=O) groups is 1. The standard InChI is InChI=1S/C30H27FN6O/c1-36(17-15-22-6-4-5-16-32-22)30(38)21-11-13-23(14-12-21)33-28-19-27(24-7-2-3-8-25(24)31)34-29-18-26(20-9-10-20)35-37(28)29/h2-8,11-14,16,18-20,33H,9-10,15,17H2,1H3. The van der Waals surface area contributed by atoms with Gasteiger partial charge >= 0.3 is 0 Å². The predicted octanol–water partition coefficient (Wildman–Crippen LogP) is 5.87. The molecule has 1 fully saturated rings. The van der Waals surface area contributed by atoms with Gasteiger partial charge in [-0.3, -0.25) is 9.78 Å². The van der Waals surface area contributed by atoms with Gasteiger partial charge in [0.15, 0.2) is 5.65 Å². The number of nitrogens with one attached hydrogen (secondary N) is 1. The summed E-state index contributed by atoms with van der Waals surface area (Å²) in [5.41, 5.74) is 4.96. The van der Waals surface area contributed by atoms with Gasteiger partial charge in [0.2, 0.25) is 0 Å². The van der Waals surface area contributed by atoms with Crippen molar-refractivity contribution in [2.24, 2.45) is 0 Å². The van der Waals surface area contributed by atoms with Gasteiger partial charge in [-0.05, 0) is 61.4 Å². The number of likely N-dealkylation sites (N-methyl/N-ethyl adjacent to an activating group) is 1. The van der Waals surface area contributed by atoms with E-state index in [-0.39, 0.29) is 11.7 Å². The van der Waals surface area contributed by atoms with E-state index in [9.17, 15) is 9.18 Å². The summed E-state index contributed by atoms with van der Waals surface area (Å²) in [7, 11) is 1.80. The highest BCUT2D eigenvalue weighted by Crippen LogP contribution is 2.40. The first-order valence-electron chi connectivity index (χ1n) is 12.7. The van der Waals surface area contributed by atoms with E-state index in [1.165, 1.54) is 6.07 Å². The molecular weight excluding hydrogens is 479 g/mol. The normalized spacial score (nSPS) is 13.0. The molecule has 0 unspecified atom stereocenters. The SMILES string of the molecule is CN(CCc1ccccn1)C(=O)c1ccc(Nc2cc(-c3ccccc3F)nc3cc(C4CC4)nn23)cc1. The van der Waals surface area contributed by atoms with Crippen molar-refractivity contribution in [3.05, 3.63) is 108 Å². The third-order valence-electron chi connectivity index (χ3n) is 6.77. The van der Waals surface area contributed by atoms with Gasteiger partial charge in [-0.25, -0.2) is 9.37 Å². The molecule has 0 aliphatic heterocycles. The molecule has 5 aromatic rings. The van der Waals surface area contributed by atoms with Gasteiger partial charge in [0.25, 0.3) is 5.91 Å². The Morgan fingerprint density at radius 2 is 1.84 bits per heavy atom. The second-order valence-electron chi connectivity index (χ2n) is 9.62. The van der Waals surface area contributed by atoms with Crippen LogP contribution in [0.25, 0.3) is 16.9 Å². The average molecular weight is 507 g/mol. The lowest BCUT2D eigenvalue weighted by atomic mass is 10.1. The Balaban J connectivity index is 1.24. The maximum absolute atomic E-state index is 14.6. The number of halogens is 1. The Kier molecular flexibility index (Phi) is 6.29. The number of pyridine rings is 1. The van der Waals surface area contributed by atoms with Crippen molar-refractivity contribution in [2.75, 3.05) is 18.9 Å². The molecule has 190 valence electrons. The quantitative estimate of drug-likeness (QED) is 0.285. The van der Waals surface area contributed by atoms with Crippen LogP contribution in [0.3, 0.4) is 0 Å². The van der Waals surface area contributed by atoms with Gasteiger partial charge in [0.05, 0.1) is 11.4 Å². The van der Waals surface area contributed by atoms with Crippen molar-refractivity contribution in [3.63, 3.8) is 0 Å². The smallest absolute Gasteiger partial charge is 0.253 e. The molecule has 2 aromatic carbocycles. The molecule has 8 heteroatoms. The minimum absolute atomic E-state index is 0.0539. The molecule has 3 aromatic heterocycles. The fourth-order valence-corrected chi connectivity index (χ4v) is 4.46. The summed E-state index contributed by atoms with van der Waals surface area (Å²) in [4.78, 5) is 23.7. The molecule has 0 atom stereocenters. The molecule has 1 saturated carbocycles. The van der Waals surface area contributed by atoms with Gasteiger partial charge in [-0.1, -0.05) is 18.2 Å². The first-order chi connectivity index (χ1) is 18.5. The van der Waals surface area contributed by atoms with Crippen LogP contribution in [0, 0.1) is 5.82 Å². The van der Waals surface area contributed by atoms with Crippen molar-refractivity contribution in [2.45, 2.75) is 25.2 Å². The highest BCUT2D eigenvalue weighted by Gasteiger charge is 2.27. The molecule has 1 aliphatic rings. The van der Waals surface area contributed by atoms with Crippen molar-refractivity contribution < 1.29 is 9.18 Å². The van der Waals surface area contributed by atoms with Crippen LogP contribution in [0.15, 0.2) is 85.1 Å². The molecule has 1 amide bonds. The van der Waals surface area contributed by atoms with Gasteiger partial charge in [-0.15, -0.1) is 0 Å². The Morgan fingerprint density at radius 1 is 1.05 bits per heavy atom. The minimum atomic E-state index is -0.327. The highest BCUT2D eigenvalue weighted by molar-refractivity contribution is 5.94. The molecule has 0 bridgehead atoms. The number of nitrogens with zero attached hydrogens (tertiary/aromatic N) is 5. The highest BCUT2D eigenvalue weighted by atomic mass is 19.1. The number of rotatable bonds is 8. The van der Waals surface area contributed by atoms with Crippen molar-refractivity contribution in [1.82, 2.24) is 24.5 Å². The molecule has 3 heterocycles. The van der Waals surface area contributed by atoms with E-state index in [1.807, 2.05) is 36.4 Å². The summed E-state index contributed by atoms with van der Waals surface area (Å²) >= 11 is 0. The van der Waals surface area contributed by atoms with Gasteiger partial charge in [0.1, 0.15) is 11.6 Å². The lowest BCUT2D eigenvalue weighted by molar-refractivity contribution is 0.0796. The third-order valence-corrected chi connectivity index (χ3v) is 6.77. The zero-order valence-corrected chi connectivity index (χ0v) is 21.0. The summed E-state index contributed by atoms with van der Waals surface area (Å²) in [6, 6.07) is 23.5. The topological polar surface area (TPSA) is 75.4 Å². The van der Waals surface area contributed by atoms with E-state index in [2.05, 4.69) is 10.3 Å². The first kappa shape index (κ1) is 23.8. The van der Waals surface area contributed by atoms with Crippen molar-refractivity contribution >= 4 is 23.1 Å². The Bertz CT molecular complexity index is 1590. The lowest BCUT2D eigenvalue weighted by Gasteiger charge is -2.17. The van der Waals surface area contributed by atoms with Crippen LogP contribution in [0.5, 0.6) is 0 Å². The second kappa shape index (κ2) is 10.0. The van der Waals surface area contributed by atoms with Crippen LogP contribution >= 0.6 is 0 Å². The van der Waals surface area contributed by atoms with Crippen LogP contribution in [0.2, 0.25) is 0 Å². The third kappa shape index (κ3) is 4.98. The number of benzene rings is 2. The molecule has 7 nitrogen and oxygen atoms in total. The van der Waals surface area contributed by atoms with Crippen LogP contribution in [0.1, 0.15) is 40.5 Å². The number of hydrogen-bond acceptors (Lipinski definition) is 5. The number of carbonyl (C=O) groups excluding carboxylic acids is 1. The van der Waals surface area contributed by atoms with Crippen LogP contribution in [-0.4, -0.2) is 44.0 Å². The van der Waals surface area contributed by atoms with Gasteiger partial charge in [0, 0.05) is 66.8 Å². The van der Waals surface area contributed by atoms with Gasteiger partial charge < -0.3 is 10.2 Å². The average Bonchev–Trinajstić information content (AvgIpc) is 3.71. The number of hydrogen-bond donors (Lipinski definition) is 1. The predicted molar refractivity (Wildman–Crippen MR) is 145 cm³/mol. The summed E-state index contributed by atoms with van der Waals surface area (Å²) < 4.78 is 16.4. The second-order valence-corrected chi connectivity index (χ2v) is 9.62. The summed E-state index contributed by atoms with van der Waals surface area (Å²) in [6.45, 7) is 0.576. The fourth-order valence-electron chi connectivity index (χ4n) is 4.46. The number of anilines is 2. The largest absolute Gasteiger partial charge is 0.341 e. The molecule has 1 aliphatic carbocycles. The van der Waals surface area contributed by atoms with E-state index in [4.69, 9.17) is 10.1 Å². The lowest BCUT2D eigenvalue weighted by Crippen LogP contribution is -2.28. The molecular formula is C30H27FN6O. The summed E-state index contributed by atoms with van der Waals surface area (Å²) in [5.74, 6) is 0.752. The Hall–Kier alpha value is -4.59. The minimum Gasteiger partial charge on any atom is -0.341 e. The van der Waals surface area contributed by atoms with E-state index in [0.29, 0.717) is 47.2 Å². The zero-order chi connectivity index (χ0) is 26.1. The van der Waals surface area contributed by atoms with Crippen molar-refractivity contribution in [3.8, 4) is 11.3 Å². The Morgan fingerprint density at radius 3 is 2.58 bits per heavy atom.